The molecule has 5 nitrogen and oxygen atoms in total. The van der Waals surface area contributed by atoms with Gasteiger partial charge in [-0.15, -0.1) is 0 Å². The van der Waals surface area contributed by atoms with Crippen molar-refractivity contribution in [2.24, 2.45) is 5.41 Å². The zero-order valence-electron chi connectivity index (χ0n) is 22.7. The number of rotatable bonds is 10. The monoisotopic (exact) mass is 541 g/mol. The number of ether oxygens (including phenoxy) is 2. The van der Waals surface area contributed by atoms with Gasteiger partial charge in [0, 0.05) is 17.7 Å². The van der Waals surface area contributed by atoms with Crippen LogP contribution in [0.2, 0.25) is 0 Å². The van der Waals surface area contributed by atoms with Gasteiger partial charge in [0.1, 0.15) is 18.2 Å². The second-order valence-corrected chi connectivity index (χ2v) is 10.9. The third kappa shape index (κ3) is 6.21. The average Bonchev–Trinajstić information content (AvgIpc) is 3.26. The number of halogens is 3. The summed E-state index contributed by atoms with van der Waals surface area (Å²) in [4.78, 5) is 15.2. The Hall–Kier alpha value is -3.55. The van der Waals surface area contributed by atoms with E-state index in [0.29, 0.717) is 17.9 Å². The molecule has 1 saturated carbocycles. The van der Waals surface area contributed by atoms with Crippen LogP contribution in [0.1, 0.15) is 81.4 Å². The summed E-state index contributed by atoms with van der Waals surface area (Å²) in [7, 11) is 1.48. The number of benzene rings is 2. The van der Waals surface area contributed by atoms with Gasteiger partial charge in [-0.2, -0.15) is 0 Å². The molecule has 0 saturated heterocycles. The van der Waals surface area contributed by atoms with E-state index in [4.69, 9.17) is 9.47 Å². The normalized spacial score (nSPS) is 17.2. The Morgan fingerprint density at radius 3 is 2.56 bits per heavy atom. The average molecular weight is 542 g/mol. The van der Waals surface area contributed by atoms with Crippen molar-refractivity contribution >= 4 is 5.97 Å². The van der Waals surface area contributed by atoms with Crippen LogP contribution in [0.25, 0.3) is 11.1 Å². The lowest BCUT2D eigenvalue weighted by atomic mass is 9.75. The summed E-state index contributed by atoms with van der Waals surface area (Å²) in [5, 5.41) is 9.18. The number of aliphatic carboxylic acids is 1. The number of carbonyl (C=O) groups is 1. The standard InChI is InChI=1S/C31H34F3NO4/c1-5-19(12-29(36)37)22-13-20(32)14-27(30(22)34)39-17-18-8-9-21(24-15-28(38-4)35-16-26(24)33)23(11-18)25-7-6-10-31(25,2)3/h8-9,11,13-16,19,25H,5-7,10,12,17H2,1-4H3,(H,36,37)/t19-,25-/m1/s1. The minimum Gasteiger partial charge on any atom is -0.486 e. The van der Waals surface area contributed by atoms with Gasteiger partial charge < -0.3 is 14.6 Å². The van der Waals surface area contributed by atoms with Crippen molar-refractivity contribution in [2.45, 2.75) is 71.3 Å². The second-order valence-electron chi connectivity index (χ2n) is 10.9. The van der Waals surface area contributed by atoms with Crippen LogP contribution < -0.4 is 9.47 Å². The van der Waals surface area contributed by atoms with Crippen LogP contribution in [-0.4, -0.2) is 23.2 Å². The number of carboxylic acid groups (broad SMARTS) is 1. The van der Waals surface area contributed by atoms with Gasteiger partial charge in [0.05, 0.1) is 19.7 Å². The van der Waals surface area contributed by atoms with Gasteiger partial charge in [-0.3, -0.25) is 4.79 Å². The molecule has 208 valence electrons. The molecule has 8 heteroatoms. The molecule has 3 aromatic rings. The largest absolute Gasteiger partial charge is 0.486 e. The molecule has 1 aliphatic rings. The molecular weight excluding hydrogens is 507 g/mol. The number of hydrogen-bond acceptors (Lipinski definition) is 4. The van der Waals surface area contributed by atoms with E-state index >= 15 is 4.39 Å². The van der Waals surface area contributed by atoms with E-state index in [-0.39, 0.29) is 35.7 Å². The van der Waals surface area contributed by atoms with Gasteiger partial charge in [-0.05, 0) is 64.8 Å². The van der Waals surface area contributed by atoms with Gasteiger partial charge in [-0.1, -0.05) is 45.4 Å². The van der Waals surface area contributed by atoms with Gasteiger partial charge in [-0.25, -0.2) is 18.2 Å². The van der Waals surface area contributed by atoms with E-state index < -0.39 is 29.3 Å². The van der Waals surface area contributed by atoms with E-state index in [9.17, 15) is 18.7 Å². The highest BCUT2D eigenvalue weighted by molar-refractivity contribution is 5.70. The van der Waals surface area contributed by atoms with Gasteiger partial charge in [0.15, 0.2) is 11.6 Å². The molecule has 1 fully saturated rings. The number of pyridine rings is 1. The molecule has 0 spiro atoms. The minimum atomic E-state index is -1.08. The van der Waals surface area contributed by atoms with Crippen LogP contribution in [0.4, 0.5) is 13.2 Å². The molecule has 0 unspecified atom stereocenters. The number of methoxy groups -OCH3 is 1. The zero-order chi connectivity index (χ0) is 28.3. The summed E-state index contributed by atoms with van der Waals surface area (Å²) in [6, 6.07) is 9.15. The van der Waals surface area contributed by atoms with Crippen molar-refractivity contribution in [3.63, 3.8) is 0 Å². The molecule has 1 aliphatic carbocycles. The van der Waals surface area contributed by atoms with Crippen molar-refractivity contribution < 1.29 is 32.5 Å². The third-order valence-electron chi connectivity index (χ3n) is 7.86. The molecule has 1 heterocycles. The second kappa shape index (κ2) is 11.7. The summed E-state index contributed by atoms with van der Waals surface area (Å²) in [6.07, 6.45) is 4.20. The van der Waals surface area contributed by atoms with Crippen LogP contribution in [0.5, 0.6) is 11.6 Å². The molecular formula is C31H34F3NO4. The first-order valence-corrected chi connectivity index (χ1v) is 13.2. The quantitative estimate of drug-likeness (QED) is 0.282. The number of hydrogen-bond donors (Lipinski definition) is 1. The maximum atomic E-state index is 15.3. The lowest BCUT2D eigenvalue weighted by Crippen LogP contribution is -2.17. The van der Waals surface area contributed by atoms with Crippen molar-refractivity contribution in [3.8, 4) is 22.8 Å². The van der Waals surface area contributed by atoms with Crippen LogP contribution in [0.3, 0.4) is 0 Å². The molecule has 1 N–H and O–H groups in total. The molecule has 0 aliphatic heterocycles. The molecule has 0 amide bonds. The fraction of sp³-hybridized carbons (Fsp3) is 0.419. The summed E-state index contributed by atoms with van der Waals surface area (Å²) in [5.74, 6) is -3.49. The maximum absolute atomic E-state index is 15.3. The molecule has 0 radical (unpaired) electrons. The van der Waals surface area contributed by atoms with Gasteiger partial charge in [0.2, 0.25) is 5.88 Å². The summed E-state index contributed by atoms with van der Waals surface area (Å²) < 4.78 is 55.7. The molecule has 0 bridgehead atoms. The smallest absolute Gasteiger partial charge is 0.303 e. The van der Waals surface area contributed by atoms with Crippen molar-refractivity contribution in [2.75, 3.05) is 7.11 Å². The Morgan fingerprint density at radius 2 is 1.92 bits per heavy atom. The van der Waals surface area contributed by atoms with E-state index in [0.717, 1.165) is 54.3 Å². The Balaban J connectivity index is 1.70. The molecule has 1 aromatic heterocycles. The van der Waals surface area contributed by atoms with E-state index in [1.807, 2.05) is 12.1 Å². The van der Waals surface area contributed by atoms with Gasteiger partial charge >= 0.3 is 5.97 Å². The number of carboxylic acids is 1. The Bertz CT molecular complexity index is 1360. The molecule has 4 rings (SSSR count). The molecule has 39 heavy (non-hydrogen) atoms. The zero-order valence-corrected chi connectivity index (χ0v) is 22.7. The highest BCUT2D eigenvalue weighted by Gasteiger charge is 2.37. The fourth-order valence-electron chi connectivity index (χ4n) is 5.71. The Labute approximate surface area is 227 Å². The molecule has 2 atom stereocenters. The highest BCUT2D eigenvalue weighted by atomic mass is 19.1. The van der Waals surface area contributed by atoms with Gasteiger partial charge in [0.25, 0.3) is 0 Å². The topological polar surface area (TPSA) is 68.7 Å². The first-order chi connectivity index (χ1) is 18.5. The lowest BCUT2D eigenvalue weighted by Gasteiger charge is -2.30. The fourth-order valence-corrected chi connectivity index (χ4v) is 5.71. The van der Waals surface area contributed by atoms with E-state index in [1.54, 1.807) is 19.1 Å². The summed E-state index contributed by atoms with van der Waals surface area (Å²) in [5.41, 5.74) is 2.78. The van der Waals surface area contributed by atoms with Crippen LogP contribution in [0.15, 0.2) is 42.6 Å². The SMILES string of the molecule is CC[C@H](CC(=O)O)c1cc(F)cc(OCc2ccc(-c3cc(OC)ncc3F)c([C@H]3CCCC3(C)C)c2)c1F. The number of nitrogens with zero attached hydrogens (tertiary/aromatic N) is 1. The maximum Gasteiger partial charge on any atom is 0.303 e. The predicted molar refractivity (Wildman–Crippen MR) is 143 cm³/mol. The van der Waals surface area contributed by atoms with E-state index in [1.165, 1.54) is 7.11 Å². The van der Waals surface area contributed by atoms with E-state index in [2.05, 4.69) is 18.8 Å². The van der Waals surface area contributed by atoms with Crippen molar-refractivity contribution in [3.05, 3.63) is 76.7 Å². The molecule has 2 aromatic carbocycles. The summed E-state index contributed by atoms with van der Waals surface area (Å²) in [6.45, 7) is 6.09. The minimum absolute atomic E-state index is 0.00923. The predicted octanol–water partition coefficient (Wildman–Crippen LogP) is 8.02. The Morgan fingerprint density at radius 1 is 1.15 bits per heavy atom. The number of aromatic nitrogens is 1. The van der Waals surface area contributed by atoms with Crippen LogP contribution in [-0.2, 0) is 11.4 Å². The first kappa shape index (κ1) is 28.5. The third-order valence-corrected chi connectivity index (χ3v) is 7.86. The highest BCUT2D eigenvalue weighted by Crippen LogP contribution is 2.51. The van der Waals surface area contributed by atoms with Crippen molar-refractivity contribution in [1.29, 1.82) is 0 Å². The van der Waals surface area contributed by atoms with Crippen molar-refractivity contribution in [1.82, 2.24) is 4.98 Å². The van der Waals surface area contributed by atoms with Crippen LogP contribution >= 0.6 is 0 Å². The summed E-state index contributed by atoms with van der Waals surface area (Å²) >= 11 is 0. The van der Waals surface area contributed by atoms with Crippen LogP contribution in [0, 0.1) is 22.9 Å². The lowest BCUT2D eigenvalue weighted by molar-refractivity contribution is -0.137. The first-order valence-electron chi connectivity index (χ1n) is 13.2. The Kier molecular flexibility index (Phi) is 8.52.